The van der Waals surface area contributed by atoms with Crippen LogP contribution in [0.4, 0.5) is 0 Å². The van der Waals surface area contributed by atoms with Crippen molar-refractivity contribution >= 4 is 66.7 Å². The van der Waals surface area contributed by atoms with Gasteiger partial charge in [-0.05, 0) is 181 Å². The zero-order valence-corrected chi connectivity index (χ0v) is 61.5. The van der Waals surface area contributed by atoms with Crippen molar-refractivity contribution in [1.29, 1.82) is 0 Å². The van der Waals surface area contributed by atoms with Gasteiger partial charge in [-0.2, -0.15) is 0 Å². The van der Waals surface area contributed by atoms with Crippen LogP contribution in [-0.2, 0) is 43.3 Å². The molecular weight excluding hydrogens is 1150 g/mol. The molecular formula is C90H99BN4. The van der Waals surface area contributed by atoms with Gasteiger partial charge in [0, 0.05) is 49.6 Å². The van der Waals surface area contributed by atoms with Crippen LogP contribution in [0.5, 0.6) is 0 Å². The molecule has 0 atom stereocenters. The molecule has 2 aliphatic heterocycles. The largest absolute Gasteiger partial charge is 0.310 e. The van der Waals surface area contributed by atoms with E-state index in [0.29, 0.717) is 0 Å². The lowest BCUT2D eigenvalue weighted by Crippen LogP contribution is -2.59. The lowest BCUT2D eigenvalue weighted by molar-refractivity contribution is 0.568. The number of hydrogen-bond acceptors (Lipinski definition) is 2. The lowest BCUT2D eigenvalue weighted by atomic mass is 9.34. The molecule has 9 aromatic carbocycles. The Bertz CT molecular complexity index is 4780. The van der Waals surface area contributed by atoms with Crippen LogP contribution in [0.25, 0.3) is 111 Å². The first-order chi connectivity index (χ1) is 44.2. The van der Waals surface area contributed by atoms with E-state index in [1.807, 2.05) is 0 Å². The average molecular weight is 1250 g/mol. The molecule has 95 heavy (non-hydrogen) atoms. The van der Waals surface area contributed by atoms with Gasteiger partial charge < -0.3 is 9.13 Å². The SMILES string of the molecule is CC(C)(C)c1cc(-c2cc(-c3cc4c5c(c3)-n3c6cc(C(C)(C)C)cc(C(C)(C)C)c6c6c(-c7ccccc7)ccc(c63)B5c3ccc(-c5ccccc5)c5c6c(C(C)(C)C)cc(C(C)(C)C)cc6n-4c35)nc(-c3cc(C(C)(C)C)cc(C(C)(C)C)c3)n2)cc(C(C)(C)C)c1. The molecule has 482 valence electrons. The maximum absolute atomic E-state index is 6.00. The summed E-state index contributed by atoms with van der Waals surface area (Å²) in [5.41, 5.74) is 30.7. The fourth-order valence-electron chi connectivity index (χ4n) is 15.4. The predicted octanol–water partition coefficient (Wildman–Crippen LogP) is 22.5. The number of nitrogens with zero attached hydrogens (tertiary/aromatic N) is 4. The van der Waals surface area contributed by atoms with Crippen LogP contribution in [0.2, 0.25) is 0 Å². The average Bonchev–Trinajstić information content (AvgIpc) is 1.53. The molecule has 0 N–H and O–H groups in total. The van der Waals surface area contributed by atoms with E-state index in [2.05, 4.69) is 339 Å². The van der Waals surface area contributed by atoms with Gasteiger partial charge in [0.2, 0.25) is 0 Å². The smallest absolute Gasteiger partial charge is 0.252 e. The number of benzene rings is 9. The highest BCUT2D eigenvalue weighted by molar-refractivity contribution is 7.00. The van der Waals surface area contributed by atoms with E-state index in [-0.39, 0.29) is 50.0 Å². The monoisotopic (exact) mass is 1250 g/mol. The van der Waals surface area contributed by atoms with E-state index in [1.54, 1.807) is 0 Å². The van der Waals surface area contributed by atoms with Crippen molar-refractivity contribution in [2.45, 2.75) is 209 Å². The Hall–Kier alpha value is -8.28. The Morgan fingerprint density at radius 3 is 0.947 bits per heavy atom. The standard InChI is InChI=1S/C90H99BN4/c1-83(2,3)57-39-54(40-58(45-57)84(4,5)6)69-51-70(93-82(92-69)56-41-59(85(7,8)9)46-60(42-56)86(10,11)12)55-43-73-79-74(44-55)95-72-50-62(88(16,17)18)48-66(90(22,23)24)78(72)76-64(53-33-29-26-30-34-53)36-38-68(81(76)95)91(79)67-37-35-63(52-31-27-25-28-32-52)75-77-65(89(19,20)21)47-61(87(13,14)15)49-71(77)94(73)80(67)75/h25-51H,1-24H3. The second-order valence-corrected chi connectivity index (χ2v) is 36.5. The second-order valence-electron chi connectivity index (χ2n) is 36.5. The van der Waals surface area contributed by atoms with Crippen LogP contribution < -0.4 is 16.4 Å². The third kappa shape index (κ3) is 10.6. The van der Waals surface area contributed by atoms with Crippen LogP contribution in [0.3, 0.4) is 0 Å². The van der Waals surface area contributed by atoms with E-state index < -0.39 is 0 Å². The molecule has 14 rings (SSSR count). The molecule has 4 nitrogen and oxygen atoms in total. The van der Waals surface area contributed by atoms with E-state index in [9.17, 15) is 0 Å². The molecule has 0 saturated heterocycles. The number of hydrogen-bond donors (Lipinski definition) is 0. The highest BCUT2D eigenvalue weighted by atomic mass is 15.0. The Morgan fingerprint density at radius 1 is 0.284 bits per heavy atom. The lowest BCUT2D eigenvalue weighted by Gasteiger charge is -2.35. The van der Waals surface area contributed by atoms with Gasteiger partial charge in [0.15, 0.2) is 5.82 Å². The quantitative estimate of drug-likeness (QED) is 0.161. The molecule has 0 aliphatic carbocycles. The summed E-state index contributed by atoms with van der Waals surface area (Å²) in [6, 6.07) is 64.4. The van der Waals surface area contributed by atoms with Crippen molar-refractivity contribution in [2.75, 3.05) is 0 Å². The molecule has 0 bridgehead atoms. The fourth-order valence-corrected chi connectivity index (χ4v) is 15.4. The van der Waals surface area contributed by atoms with Crippen molar-refractivity contribution in [3.8, 4) is 67.5 Å². The third-order valence-electron chi connectivity index (χ3n) is 21.0. The summed E-state index contributed by atoms with van der Waals surface area (Å²) in [6.45, 7) is 56.7. The van der Waals surface area contributed by atoms with E-state index in [0.717, 1.165) is 33.9 Å². The maximum atomic E-state index is 6.00. The normalized spacial score (nSPS) is 13.9. The van der Waals surface area contributed by atoms with E-state index in [1.165, 1.54) is 138 Å². The molecule has 0 spiro atoms. The summed E-state index contributed by atoms with van der Waals surface area (Å²) in [4.78, 5) is 11.8. The number of rotatable bonds is 5. The topological polar surface area (TPSA) is 35.6 Å². The van der Waals surface area contributed by atoms with Crippen molar-refractivity contribution < 1.29 is 0 Å². The Balaban J connectivity index is 1.23. The van der Waals surface area contributed by atoms with Crippen molar-refractivity contribution in [1.82, 2.24) is 19.1 Å². The first-order valence-electron chi connectivity index (χ1n) is 35.0. The molecule has 0 radical (unpaired) electrons. The van der Waals surface area contributed by atoms with E-state index >= 15 is 0 Å². The Labute approximate surface area is 567 Å². The minimum Gasteiger partial charge on any atom is -0.310 e. The molecule has 0 saturated carbocycles. The molecule has 0 fully saturated rings. The zero-order valence-electron chi connectivity index (χ0n) is 61.5. The second kappa shape index (κ2) is 21.1. The van der Waals surface area contributed by atoms with Crippen LogP contribution in [0, 0.1) is 0 Å². The summed E-state index contributed by atoms with van der Waals surface area (Å²) >= 11 is 0. The minimum absolute atomic E-state index is 0.114. The van der Waals surface area contributed by atoms with Gasteiger partial charge in [0.1, 0.15) is 0 Å². The first-order valence-corrected chi connectivity index (χ1v) is 35.0. The molecule has 3 aromatic heterocycles. The molecule has 5 heterocycles. The Morgan fingerprint density at radius 2 is 0.611 bits per heavy atom. The number of fused-ring (bicyclic) bond motifs is 10. The van der Waals surface area contributed by atoms with Gasteiger partial charge >= 0.3 is 0 Å². The first kappa shape index (κ1) is 64.1. The van der Waals surface area contributed by atoms with Crippen molar-refractivity contribution in [3.05, 3.63) is 208 Å². The third-order valence-corrected chi connectivity index (χ3v) is 21.0. The van der Waals surface area contributed by atoms with Gasteiger partial charge in [-0.25, -0.2) is 9.97 Å². The highest BCUT2D eigenvalue weighted by Crippen LogP contribution is 2.51. The van der Waals surface area contributed by atoms with Crippen LogP contribution in [-0.4, -0.2) is 25.8 Å². The molecule has 0 unspecified atom stereocenters. The Kier molecular flexibility index (Phi) is 14.2. The zero-order chi connectivity index (χ0) is 68.1. The summed E-state index contributed by atoms with van der Waals surface area (Å²) < 4.78 is 5.47. The van der Waals surface area contributed by atoms with Gasteiger partial charge in [0.05, 0.1) is 33.5 Å². The van der Waals surface area contributed by atoms with Gasteiger partial charge in [-0.15, -0.1) is 0 Å². The molecule has 2 aliphatic rings. The van der Waals surface area contributed by atoms with Gasteiger partial charge in [0.25, 0.3) is 6.71 Å². The minimum atomic E-state index is -0.200. The summed E-state index contributed by atoms with van der Waals surface area (Å²) in [5.74, 6) is 0.726. The van der Waals surface area contributed by atoms with Crippen LogP contribution in [0.1, 0.15) is 211 Å². The molecule has 5 heteroatoms. The fraction of sp³-hybridized carbons (Fsp3) is 0.356. The number of aromatic nitrogens is 4. The predicted molar refractivity (Wildman–Crippen MR) is 412 cm³/mol. The highest BCUT2D eigenvalue weighted by Gasteiger charge is 2.44. The van der Waals surface area contributed by atoms with Crippen molar-refractivity contribution in [3.63, 3.8) is 0 Å². The van der Waals surface area contributed by atoms with E-state index in [4.69, 9.17) is 9.97 Å². The summed E-state index contributed by atoms with van der Waals surface area (Å²) in [6.07, 6.45) is 0. The van der Waals surface area contributed by atoms with Gasteiger partial charge in [-0.1, -0.05) is 275 Å². The summed E-state index contributed by atoms with van der Waals surface area (Å²) in [7, 11) is 0. The molecule has 12 aromatic rings. The van der Waals surface area contributed by atoms with Crippen LogP contribution in [0.15, 0.2) is 164 Å². The van der Waals surface area contributed by atoms with Gasteiger partial charge in [-0.3, -0.25) is 0 Å². The summed E-state index contributed by atoms with van der Waals surface area (Å²) in [5, 5.41) is 5.28. The van der Waals surface area contributed by atoms with Crippen LogP contribution >= 0.6 is 0 Å². The molecule has 0 amide bonds. The maximum Gasteiger partial charge on any atom is 0.252 e. The van der Waals surface area contributed by atoms with Crippen molar-refractivity contribution in [2.24, 2.45) is 0 Å².